The summed E-state index contributed by atoms with van der Waals surface area (Å²) in [4.78, 5) is 20.0. The number of hydrogen-bond acceptors (Lipinski definition) is 5. The van der Waals surface area contributed by atoms with Crippen LogP contribution in [0.1, 0.15) is 10.4 Å². The zero-order chi connectivity index (χ0) is 18.8. The highest BCUT2D eigenvalue weighted by molar-refractivity contribution is 5.89. The molecule has 2 aromatic carbocycles. The molecule has 4 aromatic rings. The van der Waals surface area contributed by atoms with E-state index in [4.69, 9.17) is 4.74 Å². The number of hydrogen-bond donors (Lipinski definition) is 2. The van der Waals surface area contributed by atoms with E-state index < -0.39 is 5.97 Å². The van der Waals surface area contributed by atoms with Crippen LogP contribution in [0, 0.1) is 0 Å². The van der Waals surface area contributed by atoms with Crippen molar-refractivity contribution in [1.29, 1.82) is 0 Å². The number of carboxylic acid groups (broad SMARTS) is 1. The SMILES string of the molecule is COc1ccc(-c2nc3cnccn3c2Nc2cccc(C(=O)O)c2)cc1. The summed E-state index contributed by atoms with van der Waals surface area (Å²) in [5.74, 6) is 0.504. The number of rotatable bonds is 5. The number of methoxy groups -OCH3 is 1. The van der Waals surface area contributed by atoms with Crippen molar-refractivity contribution in [2.45, 2.75) is 0 Å². The Bertz CT molecular complexity index is 1120. The lowest BCUT2D eigenvalue weighted by atomic mass is 10.1. The van der Waals surface area contributed by atoms with Gasteiger partial charge in [0.1, 0.15) is 17.3 Å². The van der Waals surface area contributed by atoms with Crippen LogP contribution in [0.2, 0.25) is 0 Å². The first-order chi connectivity index (χ1) is 13.2. The Hall–Kier alpha value is -3.87. The average molecular weight is 360 g/mol. The number of carbonyl (C=O) groups is 1. The molecule has 0 aliphatic heterocycles. The smallest absolute Gasteiger partial charge is 0.335 e. The summed E-state index contributed by atoms with van der Waals surface area (Å²) < 4.78 is 7.09. The number of aromatic nitrogens is 3. The summed E-state index contributed by atoms with van der Waals surface area (Å²) >= 11 is 0. The number of ether oxygens (including phenoxy) is 1. The fraction of sp³-hybridized carbons (Fsp3) is 0.0500. The van der Waals surface area contributed by atoms with Gasteiger partial charge in [0.05, 0.1) is 18.9 Å². The van der Waals surface area contributed by atoms with Gasteiger partial charge in [-0.3, -0.25) is 9.38 Å². The largest absolute Gasteiger partial charge is 0.497 e. The van der Waals surface area contributed by atoms with Gasteiger partial charge in [0.15, 0.2) is 5.65 Å². The molecule has 0 radical (unpaired) electrons. The van der Waals surface area contributed by atoms with Crippen molar-refractivity contribution in [2.24, 2.45) is 0 Å². The second-order valence-electron chi connectivity index (χ2n) is 5.85. The molecule has 0 amide bonds. The van der Waals surface area contributed by atoms with Gasteiger partial charge in [-0.05, 0) is 42.5 Å². The molecule has 0 atom stereocenters. The van der Waals surface area contributed by atoms with Crippen LogP contribution in [0.5, 0.6) is 5.75 Å². The van der Waals surface area contributed by atoms with Gasteiger partial charge in [-0.25, -0.2) is 9.78 Å². The minimum atomic E-state index is -0.976. The molecule has 134 valence electrons. The van der Waals surface area contributed by atoms with Gasteiger partial charge >= 0.3 is 5.97 Å². The van der Waals surface area contributed by atoms with Crippen LogP contribution in [0.25, 0.3) is 16.9 Å². The summed E-state index contributed by atoms with van der Waals surface area (Å²) in [5.41, 5.74) is 3.17. The Morgan fingerprint density at radius 2 is 2.00 bits per heavy atom. The highest BCUT2D eigenvalue weighted by Gasteiger charge is 2.15. The Balaban J connectivity index is 1.83. The van der Waals surface area contributed by atoms with Crippen LogP contribution >= 0.6 is 0 Å². The first kappa shape index (κ1) is 16.6. The number of nitrogens with zero attached hydrogens (tertiary/aromatic N) is 3. The minimum absolute atomic E-state index is 0.210. The Morgan fingerprint density at radius 1 is 1.19 bits per heavy atom. The van der Waals surface area contributed by atoms with Crippen molar-refractivity contribution >= 4 is 23.1 Å². The maximum atomic E-state index is 11.3. The van der Waals surface area contributed by atoms with Crippen LogP contribution in [0.3, 0.4) is 0 Å². The Labute approximate surface area is 154 Å². The number of imidazole rings is 1. The van der Waals surface area contributed by atoms with Crippen LogP contribution in [-0.4, -0.2) is 32.6 Å². The molecule has 0 aliphatic carbocycles. The zero-order valence-electron chi connectivity index (χ0n) is 14.5. The number of nitrogens with one attached hydrogen (secondary N) is 1. The van der Waals surface area contributed by atoms with E-state index in [1.54, 1.807) is 43.9 Å². The molecule has 27 heavy (non-hydrogen) atoms. The fourth-order valence-corrected chi connectivity index (χ4v) is 2.84. The quantitative estimate of drug-likeness (QED) is 0.562. The fourth-order valence-electron chi connectivity index (χ4n) is 2.84. The normalized spacial score (nSPS) is 10.7. The van der Waals surface area contributed by atoms with Crippen molar-refractivity contribution < 1.29 is 14.6 Å². The molecular weight excluding hydrogens is 344 g/mol. The molecule has 4 rings (SSSR count). The van der Waals surface area contributed by atoms with Crippen molar-refractivity contribution in [2.75, 3.05) is 12.4 Å². The average Bonchev–Trinajstić information content (AvgIpc) is 3.07. The number of aromatic carboxylic acids is 1. The Kier molecular flexibility index (Phi) is 4.18. The number of carboxylic acids is 1. The van der Waals surface area contributed by atoms with Crippen molar-refractivity contribution in [3.05, 3.63) is 72.7 Å². The first-order valence-corrected chi connectivity index (χ1v) is 8.22. The van der Waals surface area contributed by atoms with Gasteiger partial charge < -0.3 is 15.2 Å². The lowest BCUT2D eigenvalue weighted by Crippen LogP contribution is -2.00. The second kappa shape index (κ2) is 6.80. The molecule has 2 N–H and O–H groups in total. The summed E-state index contributed by atoms with van der Waals surface area (Å²) in [6.07, 6.45) is 5.15. The maximum Gasteiger partial charge on any atom is 0.335 e. The monoisotopic (exact) mass is 360 g/mol. The summed E-state index contributed by atoms with van der Waals surface area (Å²) in [6.45, 7) is 0. The van der Waals surface area contributed by atoms with E-state index in [1.807, 2.05) is 34.7 Å². The molecule has 0 aliphatic rings. The van der Waals surface area contributed by atoms with E-state index >= 15 is 0 Å². The van der Waals surface area contributed by atoms with Crippen LogP contribution in [-0.2, 0) is 0 Å². The van der Waals surface area contributed by atoms with Crippen molar-refractivity contribution in [3.63, 3.8) is 0 Å². The predicted octanol–water partition coefficient (Wildman–Crippen LogP) is 3.85. The van der Waals surface area contributed by atoms with E-state index in [-0.39, 0.29) is 5.56 Å². The van der Waals surface area contributed by atoms with Crippen LogP contribution < -0.4 is 10.1 Å². The highest BCUT2D eigenvalue weighted by Crippen LogP contribution is 2.32. The number of anilines is 2. The summed E-state index contributed by atoms with van der Waals surface area (Å²) in [7, 11) is 1.62. The van der Waals surface area contributed by atoms with Gasteiger partial charge in [-0.2, -0.15) is 0 Å². The lowest BCUT2D eigenvalue weighted by Gasteiger charge is -2.10. The van der Waals surface area contributed by atoms with E-state index in [0.29, 0.717) is 11.3 Å². The first-order valence-electron chi connectivity index (χ1n) is 8.22. The number of benzene rings is 2. The molecule has 0 bridgehead atoms. The molecule has 0 spiro atoms. The van der Waals surface area contributed by atoms with E-state index in [9.17, 15) is 9.90 Å². The topological polar surface area (TPSA) is 88.8 Å². The third-order valence-electron chi connectivity index (χ3n) is 4.17. The molecule has 0 unspecified atom stereocenters. The second-order valence-corrected chi connectivity index (χ2v) is 5.85. The molecule has 7 nitrogen and oxygen atoms in total. The molecule has 0 saturated heterocycles. The van der Waals surface area contributed by atoms with Crippen LogP contribution in [0.15, 0.2) is 67.1 Å². The van der Waals surface area contributed by atoms with Gasteiger partial charge in [0.2, 0.25) is 0 Å². The van der Waals surface area contributed by atoms with Gasteiger partial charge in [0, 0.05) is 23.6 Å². The predicted molar refractivity (Wildman–Crippen MR) is 102 cm³/mol. The van der Waals surface area contributed by atoms with E-state index in [2.05, 4.69) is 15.3 Å². The zero-order valence-corrected chi connectivity index (χ0v) is 14.5. The molecule has 2 heterocycles. The van der Waals surface area contributed by atoms with E-state index in [0.717, 1.165) is 22.8 Å². The maximum absolute atomic E-state index is 11.3. The van der Waals surface area contributed by atoms with Crippen LogP contribution in [0.4, 0.5) is 11.5 Å². The molecule has 7 heteroatoms. The standard InChI is InChI=1S/C20H16N4O3/c1-27-16-7-5-13(6-8-16)18-19(24-10-9-21-12-17(24)23-18)22-15-4-2-3-14(11-15)20(25)26/h2-12,22H,1H3,(H,25,26). The molecular formula is C20H16N4O3. The van der Waals surface area contributed by atoms with Crippen molar-refractivity contribution in [3.8, 4) is 17.0 Å². The lowest BCUT2D eigenvalue weighted by molar-refractivity contribution is 0.0697. The van der Waals surface area contributed by atoms with Gasteiger partial charge in [-0.1, -0.05) is 6.07 Å². The molecule has 0 saturated carbocycles. The molecule has 0 fully saturated rings. The van der Waals surface area contributed by atoms with Gasteiger partial charge in [-0.15, -0.1) is 0 Å². The van der Waals surface area contributed by atoms with E-state index in [1.165, 1.54) is 0 Å². The van der Waals surface area contributed by atoms with Crippen molar-refractivity contribution in [1.82, 2.24) is 14.4 Å². The third kappa shape index (κ3) is 3.18. The summed E-state index contributed by atoms with van der Waals surface area (Å²) in [5, 5.41) is 12.5. The highest BCUT2D eigenvalue weighted by atomic mass is 16.5. The summed E-state index contributed by atoms with van der Waals surface area (Å²) in [6, 6.07) is 14.2. The third-order valence-corrected chi connectivity index (χ3v) is 4.17. The van der Waals surface area contributed by atoms with Gasteiger partial charge in [0.25, 0.3) is 0 Å². The minimum Gasteiger partial charge on any atom is -0.497 e. The molecule has 2 aromatic heterocycles. The number of fused-ring (bicyclic) bond motifs is 1. The Morgan fingerprint density at radius 3 is 2.74 bits per heavy atom.